The molecule has 0 heterocycles. The summed E-state index contributed by atoms with van der Waals surface area (Å²) < 4.78 is 6.28. The summed E-state index contributed by atoms with van der Waals surface area (Å²) in [5, 5.41) is 4.01. The number of carbonyl (C=O) groups excluding carboxylic acids is 1. The van der Waals surface area contributed by atoms with Crippen LogP contribution in [-0.4, -0.2) is 32.8 Å². The Kier molecular flexibility index (Phi) is 6.37. The molecule has 0 aliphatic rings. The summed E-state index contributed by atoms with van der Waals surface area (Å²) in [6, 6.07) is 13.2. The minimum absolute atomic E-state index is 0.319. The summed E-state index contributed by atoms with van der Waals surface area (Å²) in [5.41, 5.74) is 4.97. The van der Waals surface area contributed by atoms with Crippen molar-refractivity contribution < 1.29 is 9.53 Å². The minimum Gasteiger partial charge on any atom is -0.493 e. The highest BCUT2D eigenvalue weighted by atomic mass is 79.9. The van der Waals surface area contributed by atoms with Crippen molar-refractivity contribution in [2.24, 2.45) is 5.10 Å². The Morgan fingerprint density at radius 3 is 2.58 bits per heavy atom. The van der Waals surface area contributed by atoms with Crippen molar-refractivity contribution in [2.45, 2.75) is 6.92 Å². The van der Waals surface area contributed by atoms with Gasteiger partial charge in [0.1, 0.15) is 5.75 Å². The number of halogens is 1. The lowest BCUT2D eigenvalue weighted by Gasteiger charge is -2.11. The molecule has 0 atom stereocenters. The van der Waals surface area contributed by atoms with Crippen LogP contribution in [-0.2, 0) is 0 Å². The zero-order valence-corrected chi connectivity index (χ0v) is 15.5. The summed E-state index contributed by atoms with van der Waals surface area (Å²) in [6.07, 6.45) is 1.61. The molecule has 2 aromatic carbocycles. The number of hydrogen-bond donors (Lipinski definition) is 1. The van der Waals surface area contributed by atoms with Gasteiger partial charge in [0.05, 0.1) is 18.4 Å². The van der Waals surface area contributed by atoms with Gasteiger partial charge in [0.2, 0.25) is 0 Å². The van der Waals surface area contributed by atoms with Crippen LogP contribution in [0.25, 0.3) is 0 Å². The largest absolute Gasteiger partial charge is 0.493 e. The molecular formula is C18H20BrN3O2. The normalized spacial score (nSPS) is 10.7. The number of anilines is 1. The average molecular weight is 390 g/mol. The number of rotatable bonds is 6. The Hall–Kier alpha value is -2.34. The van der Waals surface area contributed by atoms with Gasteiger partial charge in [-0.3, -0.25) is 4.79 Å². The summed E-state index contributed by atoms with van der Waals surface area (Å²) in [7, 11) is 3.97. The molecule has 0 spiro atoms. The number of amides is 1. The van der Waals surface area contributed by atoms with Crippen LogP contribution in [0.3, 0.4) is 0 Å². The monoisotopic (exact) mass is 389 g/mol. The Bertz CT molecular complexity index is 728. The van der Waals surface area contributed by atoms with Crippen molar-refractivity contribution in [1.82, 2.24) is 5.43 Å². The van der Waals surface area contributed by atoms with Crippen molar-refractivity contribution in [1.29, 1.82) is 0 Å². The highest BCUT2D eigenvalue weighted by Crippen LogP contribution is 2.23. The maximum atomic E-state index is 12.3. The fourth-order valence-electron chi connectivity index (χ4n) is 2.05. The Morgan fingerprint density at radius 1 is 1.25 bits per heavy atom. The Balaban J connectivity index is 2.06. The number of benzene rings is 2. The summed E-state index contributed by atoms with van der Waals surface area (Å²) >= 11 is 3.36. The zero-order chi connectivity index (χ0) is 17.5. The van der Waals surface area contributed by atoms with E-state index in [1.165, 1.54) is 0 Å². The molecule has 126 valence electrons. The second-order valence-electron chi connectivity index (χ2n) is 5.26. The average Bonchev–Trinajstić information content (AvgIpc) is 2.57. The van der Waals surface area contributed by atoms with E-state index in [4.69, 9.17) is 4.74 Å². The first-order valence-electron chi connectivity index (χ1n) is 7.54. The maximum Gasteiger partial charge on any atom is 0.275 e. The van der Waals surface area contributed by atoms with Gasteiger partial charge in [-0.05, 0) is 42.8 Å². The second kappa shape index (κ2) is 8.49. The van der Waals surface area contributed by atoms with Crippen molar-refractivity contribution >= 4 is 33.7 Å². The lowest BCUT2D eigenvalue weighted by molar-refractivity contribution is 0.0951. The standard InChI is InChI=1S/C18H20BrN3O2/c1-4-24-17-10-7-14(19)11-16(17)18(23)21-20-12-13-5-8-15(9-6-13)22(2)3/h5-12H,4H2,1-3H3,(H,21,23)/b20-12+. The van der Waals surface area contributed by atoms with Crippen LogP contribution in [0.2, 0.25) is 0 Å². The van der Waals surface area contributed by atoms with Gasteiger partial charge in [-0.2, -0.15) is 5.10 Å². The number of nitrogens with zero attached hydrogens (tertiary/aromatic N) is 2. The third-order valence-electron chi connectivity index (χ3n) is 3.28. The van der Waals surface area contributed by atoms with Gasteiger partial charge in [0.15, 0.2) is 0 Å². The van der Waals surface area contributed by atoms with Gasteiger partial charge in [-0.25, -0.2) is 5.43 Å². The number of ether oxygens (including phenoxy) is 1. The van der Waals surface area contributed by atoms with Crippen LogP contribution in [0, 0.1) is 0 Å². The number of carbonyl (C=O) groups is 1. The van der Waals surface area contributed by atoms with Crippen molar-refractivity contribution in [2.75, 3.05) is 25.6 Å². The minimum atomic E-state index is -0.319. The Morgan fingerprint density at radius 2 is 1.96 bits per heavy atom. The van der Waals surface area contributed by atoms with Gasteiger partial charge < -0.3 is 9.64 Å². The van der Waals surface area contributed by atoms with E-state index in [0.717, 1.165) is 15.7 Å². The molecule has 1 N–H and O–H groups in total. The molecule has 0 radical (unpaired) electrons. The van der Waals surface area contributed by atoms with Crippen LogP contribution in [0.4, 0.5) is 5.69 Å². The predicted octanol–water partition coefficient (Wildman–Crippen LogP) is 3.68. The highest BCUT2D eigenvalue weighted by molar-refractivity contribution is 9.10. The van der Waals surface area contributed by atoms with Gasteiger partial charge >= 0.3 is 0 Å². The Labute approximate surface area is 150 Å². The molecule has 0 unspecified atom stereocenters. The quantitative estimate of drug-likeness (QED) is 0.605. The molecule has 2 rings (SSSR count). The molecule has 1 amide bonds. The summed E-state index contributed by atoms with van der Waals surface area (Å²) in [4.78, 5) is 14.3. The molecule has 0 saturated carbocycles. The molecular weight excluding hydrogens is 370 g/mol. The molecule has 0 aromatic heterocycles. The van der Waals surface area contributed by atoms with E-state index in [0.29, 0.717) is 17.9 Å². The van der Waals surface area contributed by atoms with E-state index >= 15 is 0 Å². The van der Waals surface area contributed by atoms with E-state index in [1.807, 2.05) is 56.3 Å². The van der Waals surface area contributed by atoms with Crippen LogP contribution >= 0.6 is 15.9 Å². The van der Waals surface area contributed by atoms with Crippen LogP contribution in [0.5, 0.6) is 5.75 Å². The number of nitrogens with one attached hydrogen (secondary N) is 1. The first-order chi connectivity index (χ1) is 11.5. The van der Waals surface area contributed by atoms with Gasteiger partial charge in [0.25, 0.3) is 5.91 Å². The SMILES string of the molecule is CCOc1ccc(Br)cc1C(=O)N/N=C/c1ccc(N(C)C)cc1. The molecule has 2 aromatic rings. The second-order valence-corrected chi connectivity index (χ2v) is 6.17. The van der Waals surface area contributed by atoms with Crippen molar-refractivity contribution in [3.05, 3.63) is 58.1 Å². The first-order valence-corrected chi connectivity index (χ1v) is 8.33. The number of hydrazone groups is 1. The first kappa shape index (κ1) is 18.0. The third kappa shape index (κ3) is 4.83. The van der Waals surface area contributed by atoms with Crippen molar-refractivity contribution in [3.8, 4) is 5.75 Å². The molecule has 5 nitrogen and oxygen atoms in total. The van der Waals surface area contributed by atoms with Crippen LogP contribution < -0.4 is 15.1 Å². The molecule has 6 heteroatoms. The lowest BCUT2D eigenvalue weighted by Crippen LogP contribution is -2.18. The number of hydrogen-bond acceptors (Lipinski definition) is 4. The zero-order valence-electron chi connectivity index (χ0n) is 13.9. The molecule has 0 fully saturated rings. The van der Waals surface area contributed by atoms with Gasteiger partial charge in [-0.1, -0.05) is 28.1 Å². The van der Waals surface area contributed by atoms with E-state index in [1.54, 1.807) is 18.3 Å². The van der Waals surface area contributed by atoms with E-state index < -0.39 is 0 Å². The van der Waals surface area contributed by atoms with Gasteiger partial charge in [0, 0.05) is 24.3 Å². The van der Waals surface area contributed by atoms with Crippen LogP contribution in [0.1, 0.15) is 22.8 Å². The molecule has 0 aliphatic heterocycles. The van der Waals surface area contributed by atoms with Gasteiger partial charge in [-0.15, -0.1) is 0 Å². The molecule has 0 saturated heterocycles. The van der Waals surface area contributed by atoms with E-state index in [9.17, 15) is 4.79 Å². The van der Waals surface area contributed by atoms with Crippen LogP contribution in [0.15, 0.2) is 52.0 Å². The van der Waals surface area contributed by atoms with E-state index in [2.05, 4.69) is 26.5 Å². The molecule has 0 aliphatic carbocycles. The third-order valence-corrected chi connectivity index (χ3v) is 3.77. The smallest absolute Gasteiger partial charge is 0.275 e. The topological polar surface area (TPSA) is 53.9 Å². The fraction of sp³-hybridized carbons (Fsp3) is 0.222. The summed E-state index contributed by atoms with van der Waals surface area (Å²) in [5.74, 6) is 0.213. The van der Waals surface area contributed by atoms with E-state index in [-0.39, 0.29) is 5.91 Å². The predicted molar refractivity (Wildman–Crippen MR) is 101 cm³/mol. The van der Waals surface area contributed by atoms with Crippen molar-refractivity contribution in [3.63, 3.8) is 0 Å². The highest BCUT2D eigenvalue weighted by Gasteiger charge is 2.12. The lowest BCUT2D eigenvalue weighted by atomic mass is 10.2. The molecule has 24 heavy (non-hydrogen) atoms. The molecule has 0 bridgehead atoms. The fourth-order valence-corrected chi connectivity index (χ4v) is 2.41. The maximum absolute atomic E-state index is 12.3. The summed E-state index contributed by atoms with van der Waals surface area (Å²) in [6.45, 7) is 2.36.